The number of pyridine rings is 1. The third-order valence-corrected chi connectivity index (χ3v) is 3.18. The third kappa shape index (κ3) is 2.83. The first kappa shape index (κ1) is 12.5. The van der Waals surface area contributed by atoms with Gasteiger partial charge in [0, 0.05) is 15.7 Å². The average Bonchev–Trinajstić information content (AvgIpc) is 2.32. The number of nitrogens with two attached hydrogens (primary N) is 1. The van der Waals surface area contributed by atoms with E-state index in [-0.39, 0.29) is 5.82 Å². The molecule has 0 fully saturated rings. The van der Waals surface area contributed by atoms with Gasteiger partial charge in [-0.2, -0.15) is 0 Å². The van der Waals surface area contributed by atoms with Gasteiger partial charge in [0.2, 0.25) is 0 Å². The molecule has 88 valence electrons. The minimum absolute atomic E-state index is 0.364. The van der Waals surface area contributed by atoms with Gasteiger partial charge in [0.15, 0.2) is 0 Å². The minimum Gasteiger partial charge on any atom is -0.319 e. The number of benzene rings is 1. The third-order valence-electron chi connectivity index (χ3n) is 2.36. The minimum atomic E-state index is -0.536. The van der Waals surface area contributed by atoms with Gasteiger partial charge in [-0.05, 0) is 51.8 Å². The van der Waals surface area contributed by atoms with Crippen LogP contribution in [-0.2, 0) is 0 Å². The molecule has 0 aliphatic rings. The standard InChI is InChI=1S/C12H9BrClFN2/c13-7-1-4-11(17-6-7)12(16)9-5-8(15)2-3-10(9)14/h1-6,12H,16H2. The largest absolute Gasteiger partial charge is 0.319 e. The highest BCUT2D eigenvalue weighted by atomic mass is 79.9. The van der Waals surface area contributed by atoms with Crippen molar-refractivity contribution in [1.29, 1.82) is 0 Å². The summed E-state index contributed by atoms with van der Waals surface area (Å²) in [4.78, 5) is 4.17. The highest BCUT2D eigenvalue weighted by Crippen LogP contribution is 2.26. The molecule has 0 amide bonds. The Bertz CT molecular complexity index is 531. The predicted octanol–water partition coefficient (Wildman–Crippen LogP) is 3.68. The van der Waals surface area contributed by atoms with Crippen LogP contribution >= 0.6 is 27.5 Å². The molecule has 0 bridgehead atoms. The monoisotopic (exact) mass is 314 g/mol. The lowest BCUT2D eigenvalue weighted by Crippen LogP contribution is -2.14. The smallest absolute Gasteiger partial charge is 0.123 e. The Hall–Kier alpha value is -0.970. The summed E-state index contributed by atoms with van der Waals surface area (Å²) in [6.07, 6.45) is 1.64. The number of hydrogen-bond donors (Lipinski definition) is 1. The molecule has 1 heterocycles. The van der Waals surface area contributed by atoms with Crippen LogP contribution in [0.4, 0.5) is 4.39 Å². The van der Waals surface area contributed by atoms with E-state index >= 15 is 0 Å². The lowest BCUT2D eigenvalue weighted by atomic mass is 10.0. The zero-order chi connectivity index (χ0) is 12.4. The number of aromatic nitrogens is 1. The molecule has 0 saturated carbocycles. The Kier molecular flexibility index (Phi) is 3.76. The summed E-state index contributed by atoms with van der Waals surface area (Å²) in [6.45, 7) is 0. The maximum atomic E-state index is 13.1. The van der Waals surface area contributed by atoms with Crippen LogP contribution in [0.1, 0.15) is 17.3 Å². The first-order chi connectivity index (χ1) is 8.08. The van der Waals surface area contributed by atoms with Crippen molar-refractivity contribution in [3.05, 3.63) is 63.1 Å². The summed E-state index contributed by atoms with van der Waals surface area (Å²) in [7, 11) is 0. The van der Waals surface area contributed by atoms with Gasteiger partial charge < -0.3 is 5.73 Å². The van der Waals surface area contributed by atoms with Crippen molar-refractivity contribution in [3.8, 4) is 0 Å². The van der Waals surface area contributed by atoms with E-state index in [4.69, 9.17) is 17.3 Å². The predicted molar refractivity (Wildman–Crippen MR) is 69.4 cm³/mol. The van der Waals surface area contributed by atoms with Crippen LogP contribution in [0.2, 0.25) is 5.02 Å². The second-order valence-electron chi connectivity index (χ2n) is 3.54. The Morgan fingerprint density at radius 3 is 2.71 bits per heavy atom. The van der Waals surface area contributed by atoms with Gasteiger partial charge in [-0.25, -0.2) is 4.39 Å². The quantitative estimate of drug-likeness (QED) is 0.918. The van der Waals surface area contributed by atoms with E-state index in [0.29, 0.717) is 16.3 Å². The Labute approximate surface area is 112 Å². The van der Waals surface area contributed by atoms with Gasteiger partial charge in [-0.3, -0.25) is 4.98 Å². The van der Waals surface area contributed by atoms with Crippen molar-refractivity contribution in [2.24, 2.45) is 5.73 Å². The van der Waals surface area contributed by atoms with E-state index in [1.807, 2.05) is 6.07 Å². The number of hydrogen-bond acceptors (Lipinski definition) is 2. The van der Waals surface area contributed by atoms with Crippen molar-refractivity contribution >= 4 is 27.5 Å². The van der Waals surface area contributed by atoms with Gasteiger partial charge in [0.05, 0.1) is 11.7 Å². The molecule has 0 radical (unpaired) electrons. The lowest BCUT2D eigenvalue weighted by Gasteiger charge is -2.13. The van der Waals surface area contributed by atoms with Crippen molar-refractivity contribution in [3.63, 3.8) is 0 Å². The zero-order valence-corrected chi connectivity index (χ0v) is 11.0. The van der Waals surface area contributed by atoms with Crippen LogP contribution in [0.5, 0.6) is 0 Å². The van der Waals surface area contributed by atoms with Crippen LogP contribution in [0.15, 0.2) is 41.0 Å². The van der Waals surface area contributed by atoms with Crippen LogP contribution in [-0.4, -0.2) is 4.98 Å². The molecule has 0 spiro atoms. The fourth-order valence-corrected chi connectivity index (χ4v) is 1.95. The van der Waals surface area contributed by atoms with Crippen LogP contribution in [0, 0.1) is 5.82 Å². The number of halogens is 3. The summed E-state index contributed by atoms with van der Waals surface area (Å²) < 4.78 is 14.0. The molecule has 2 rings (SSSR count). The Morgan fingerprint density at radius 2 is 2.06 bits per heavy atom. The van der Waals surface area contributed by atoms with Gasteiger partial charge in [-0.15, -0.1) is 0 Å². The molecule has 17 heavy (non-hydrogen) atoms. The SMILES string of the molecule is NC(c1ccc(Br)cn1)c1cc(F)ccc1Cl. The summed E-state index contributed by atoms with van der Waals surface area (Å²) in [5.74, 6) is -0.364. The maximum absolute atomic E-state index is 13.1. The molecule has 2 N–H and O–H groups in total. The zero-order valence-electron chi connectivity index (χ0n) is 8.70. The molecule has 1 aromatic heterocycles. The summed E-state index contributed by atoms with van der Waals surface area (Å²) >= 11 is 9.28. The van der Waals surface area contributed by atoms with E-state index in [9.17, 15) is 4.39 Å². The first-order valence-corrected chi connectivity index (χ1v) is 6.07. The van der Waals surface area contributed by atoms with Crippen LogP contribution in [0.3, 0.4) is 0 Å². The fraction of sp³-hybridized carbons (Fsp3) is 0.0833. The molecule has 2 aromatic rings. The molecule has 1 aromatic carbocycles. The Morgan fingerprint density at radius 1 is 1.29 bits per heavy atom. The van der Waals surface area contributed by atoms with Gasteiger partial charge in [0.25, 0.3) is 0 Å². The summed E-state index contributed by atoms with van der Waals surface area (Å²) in [5, 5.41) is 0.434. The fourth-order valence-electron chi connectivity index (χ4n) is 1.48. The Balaban J connectivity index is 2.39. The summed E-state index contributed by atoms with van der Waals surface area (Å²) in [5.41, 5.74) is 7.18. The average molecular weight is 316 g/mol. The van der Waals surface area contributed by atoms with Gasteiger partial charge in [-0.1, -0.05) is 11.6 Å². The molecule has 1 unspecified atom stereocenters. The van der Waals surface area contributed by atoms with Gasteiger partial charge >= 0.3 is 0 Å². The summed E-state index contributed by atoms with van der Waals surface area (Å²) in [6, 6.07) is 7.19. The van der Waals surface area contributed by atoms with Crippen LogP contribution in [0.25, 0.3) is 0 Å². The van der Waals surface area contributed by atoms with Crippen molar-refractivity contribution < 1.29 is 4.39 Å². The number of rotatable bonds is 2. The van der Waals surface area contributed by atoms with Crippen molar-refractivity contribution in [2.75, 3.05) is 0 Å². The normalized spacial score (nSPS) is 12.5. The second kappa shape index (κ2) is 5.12. The molecular weight excluding hydrogens is 307 g/mol. The van der Waals surface area contributed by atoms with E-state index in [1.54, 1.807) is 12.3 Å². The highest BCUT2D eigenvalue weighted by Gasteiger charge is 2.14. The van der Waals surface area contributed by atoms with E-state index in [2.05, 4.69) is 20.9 Å². The second-order valence-corrected chi connectivity index (χ2v) is 4.87. The lowest BCUT2D eigenvalue weighted by molar-refractivity contribution is 0.623. The van der Waals surface area contributed by atoms with E-state index in [1.165, 1.54) is 18.2 Å². The van der Waals surface area contributed by atoms with Crippen molar-refractivity contribution in [1.82, 2.24) is 4.98 Å². The first-order valence-electron chi connectivity index (χ1n) is 4.90. The van der Waals surface area contributed by atoms with Crippen LogP contribution < -0.4 is 5.73 Å². The topological polar surface area (TPSA) is 38.9 Å². The molecule has 0 saturated heterocycles. The maximum Gasteiger partial charge on any atom is 0.123 e. The van der Waals surface area contributed by atoms with Gasteiger partial charge in [0.1, 0.15) is 5.82 Å². The molecular formula is C12H9BrClFN2. The molecule has 2 nitrogen and oxygen atoms in total. The molecule has 0 aliphatic heterocycles. The van der Waals surface area contributed by atoms with E-state index in [0.717, 1.165) is 4.47 Å². The van der Waals surface area contributed by atoms with Crippen molar-refractivity contribution in [2.45, 2.75) is 6.04 Å². The number of nitrogens with zero attached hydrogens (tertiary/aromatic N) is 1. The molecule has 0 aliphatic carbocycles. The molecule has 1 atom stereocenters. The van der Waals surface area contributed by atoms with E-state index < -0.39 is 6.04 Å². The highest BCUT2D eigenvalue weighted by molar-refractivity contribution is 9.10. The molecule has 5 heteroatoms.